The number of piperidine rings is 1. The molecule has 8 nitrogen and oxygen atoms in total. The van der Waals surface area contributed by atoms with Crippen molar-refractivity contribution >= 4 is 17.7 Å². The summed E-state index contributed by atoms with van der Waals surface area (Å²) in [6.07, 6.45) is 2.83. The number of hydrogen-bond acceptors (Lipinski definition) is 7. The van der Waals surface area contributed by atoms with E-state index in [1.54, 1.807) is 16.8 Å². The second kappa shape index (κ2) is 8.60. The Morgan fingerprint density at radius 2 is 1.97 bits per heavy atom. The van der Waals surface area contributed by atoms with Crippen LogP contribution < -0.4 is 5.32 Å². The number of rotatable bonds is 4. The molecule has 0 aliphatic carbocycles. The van der Waals surface area contributed by atoms with E-state index in [-0.39, 0.29) is 23.7 Å². The van der Waals surface area contributed by atoms with Crippen LogP contribution >= 0.6 is 11.8 Å². The molecule has 0 bridgehead atoms. The number of likely N-dealkylation sites (tertiary alicyclic amines) is 1. The highest BCUT2D eigenvalue weighted by Crippen LogP contribution is 2.30. The smallest absolute Gasteiger partial charge is 0.240 e. The van der Waals surface area contributed by atoms with Crippen LogP contribution in [0.15, 0.2) is 24.3 Å². The summed E-state index contributed by atoms with van der Waals surface area (Å²) >= 11 is 1.83. The molecule has 0 saturated carbocycles. The number of benzene rings is 1. The van der Waals surface area contributed by atoms with Gasteiger partial charge in [-0.1, -0.05) is 0 Å². The molecule has 160 valence electrons. The van der Waals surface area contributed by atoms with E-state index in [1.165, 1.54) is 12.1 Å². The number of halogens is 1. The Hall–Kier alpha value is -2.04. The molecule has 1 amide bonds. The van der Waals surface area contributed by atoms with E-state index in [0.717, 1.165) is 68.6 Å². The van der Waals surface area contributed by atoms with Gasteiger partial charge >= 0.3 is 0 Å². The molecular formula is C20H26FN7OS. The lowest BCUT2D eigenvalue weighted by Gasteiger charge is -2.35. The van der Waals surface area contributed by atoms with Crippen molar-refractivity contribution in [1.82, 2.24) is 35.3 Å². The molecule has 0 spiro atoms. The zero-order valence-corrected chi connectivity index (χ0v) is 17.6. The molecule has 3 aliphatic heterocycles. The first-order valence-corrected chi connectivity index (χ1v) is 11.7. The van der Waals surface area contributed by atoms with Gasteiger partial charge in [-0.25, -0.2) is 4.39 Å². The number of amides is 1. The Morgan fingerprint density at radius 3 is 2.70 bits per heavy atom. The largest absolute Gasteiger partial charge is 0.331 e. The second-order valence-electron chi connectivity index (χ2n) is 8.22. The van der Waals surface area contributed by atoms with Crippen LogP contribution in [0, 0.1) is 5.82 Å². The van der Waals surface area contributed by atoms with Crippen LogP contribution in [0.1, 0.15) is 31.0 Å². The maximum absolute atomic E-state index is 13.2. The Balaban J connectivity index is 1.18. The van der Waals surface area contributed by atoms with Gasteiger partial charge in [-0.05, 0) is 67.0 Å². The Labute approximate surface area is 179 Å². The monoisotopic (exact) mass is 431 g/mol. The summed E-state index contributed by atoms with van der Waals surface area (Å²) in [5.41, 5.74) is 0.778. The highest BCUT2D eigenvalue weighted by molar-refractivity contribution is 7.99. The van der Waals surface area contributed by atoms with Gasteiger partial charge in [0.2, 0.25) is 5.91 Å². The molecule has 5 rings (SSSR count). The van der Waals surface area contributed by atoms with E-state index in [9.17, 15) is 9.18 Å². The summed E-state index contributed by atoms with van der Waals surface area (Å²) in [6.45, 7) is 3.68. The highest BCUT2D eigenvalue weighted by atomic mass is 32.2. The lowest BCUT2D eigenvalue weighted by Crippen LogP contribution is -2.42. The van der Waals surface area contributed by atoms with Gasteiger partial charge in [0, 0.05) is 30.8 Å². The van der Waals surface area contributed by atoms with Crippen molar-refractivity contribution in [1.29, 1.82) is 0 Å². The van der Waals surface area contributed by atoms with Crippen LogP contribution in [0.2, 0.25) is 0 Å². The molecule has 1 aromatic heterocycles. The molecule has 30 heavy (non-hydrogen) atoms. The van der Waals surface area contributed by atoms with Crippen molar-refractivity contribution in [3.8, 4) is 5.69 Å². The van der Waals surface area contributed by atoms with Crippen molar-refractivity contribution in [3.05, 3.63) is 35.9 Å². The molecule has 3 fully saturated rings. The van der Waals surface area contributed by atoms with Crippen LogP contribution in [0.25, 0.3) is 5.69 Å². The van der Waals surface area contributed by atoms with Gasteiger partial charge in [0.1, 0.15) is 5.82 Å². The minimum absolute atomic E-state index is 0.0443. The number of carbonyl (C=O) groups is 1. The van der Waals surface area contributed by atoms with E-state index in [0.29, 0.717) is 6.04 Å². The molecular weight excluding hydrogens is 405 g/mol. The SMILES string of the molecule is O=C([C@@H]1C[C@H](N2CCC(c3nnnn3-c3ccc(F)cc3)CC2)CN1)N1CCSC1. The molecule has 0 unspecified atom stereocenters. The fourth-order valence-electron chi connectivity index (χ4n) is 4.73. The van der Waals surface area contributed by atoms with Crippen LogP contribution in [0.4, 0.5) is 4.39 Å². The predicted molar refractivity (Wildman–Crippen MR) is 112 cm³/mol. The van der Waals surface area contributed by atoms with Crippen LogP contribution in [-0.4, -0.2) is 85.8 Å². The summed E-state index contributed by atoms with van der Waals surface area (Å²) in [5.74, 6) is 2.98. The van der Waals surface area contributed by atoms with Gasteiger partial charge in [0.25, 0.3) is 0 Å². The zero-order valence-electron chi connectivity index (χ0n) is 16.8. The Bertz CT molecular complexity index is 878. The summed E-state index contributed by atoms with van der Waals surface area (Å²) in [7, 11) is 0. The molecule has 3 saturated heterocycles. The average Bonchev–Trinajstić information content (AvgIpc) is 3.56. The van der Waals surface area contributed by atoms with E-state index < -0.39 is 0 Å². The minimum Gasteiger partial charge on any atom is -0.331 e. The van der Waals surface area contributed by atoms with Crippen molar-refractivity contribution in [2.24, 2.45) is 0 Å². The lowest BCUT2D eigenvalue weighted by molar-refractivity contribution is -0.131. The number of aromatic nitrogens is 4. The van der Waals surface area contributed by atoms with Crippen LogP contribution in [0.3, 0.4) is 0 Å². The van der Waals surface area contributed by atoms with Gasteiger partial charge in [-0.15, -0.1) is 16.9 Å². The third kappa shape index (κ3) is 3.95. The fraction of sp³-hybridized carbons (Fsp3) is 0.600. The van der Waals surface area contributed by atoms with Crippen molar-refractivity contribution in [3.63, 3.8) is 0 Å². The molecule has 0 radical (unpaired) electrons. The van der Waals surface area contributed by atoms with E-state index in [4.69, 9.17) is 0 Å². The van der Waals surface area contributed by atoms with Gasteiger partial charge < -0.3 is 10.2 Å². The quantitative estimate of drug-likeness (QED) is 0.780. The first kappa shape index (κ1) is 19.9. The van der Waals surface area contributed by atoms with Gasteiger partial charge in [-0.3, -0.25) is 9.69 Å². The first-order chi connectivity index (χ1) is 14.7. The van der Waals surface area contributed by atoms with Crippen molar-refractivity contribution in [2.75, 3.05) is 37.8 Å². The number of nitrogens with zero attached hydrogens (tertiary/aromatic N) is 6. The predicted octanol–water partition coefficient (Wildman–Crippen LogP) is 1.24. The zero-order chi connectivity index (χ0) is 20.5. The van der Waals surface area contributed by atoms with Crippen LogP contribution in [-0.2, 0) is 4.79 Å². The summed E-state index contributed by atoms with van der Waals surface area (Å²) < 4.78 is 15.0. The number of carbonyl (C=O) groups excluding carboxylic acids is 1. The minimum atomic E-state index is -0.271. The standard InChI is InChI=1S/C20H26FN7OS/c21-15-1-3-16(4-2-15)28-19(23-24-25-28)14-5-7-26(8-6-14)17-11-18(22-12-17)20(29)27-9-10-30-13-27/h1-4,14,17-18,22H,5-13H2/t17-,18-/m0/s1. The molecule has 2 atom stereocenters. The Kier molecular flexibility index (Phi) is 5.70. The third-order valence-corrected chi connectivity index (χ3v) is 7.41. The second-order valence-corrected chi connectivity index (χ2v) is 9.30. The van der Waals surface area contributed by atoms with Gasteiger partial charge in [0.05, 0.1) is 17.6 Å². The number of nitrogens with one attached hydrogen (secondary N) is 1. The molecule has 1 N–H and O–H groups in total. The third-order valence-electron chi connectivity index (χ3n) is 6.45. The van der Waals surface area contributed by atoms with Crippen molar-refractivity contribution in [2.45, 2.75) is 37.3 Å². The van der Waals surface area contributed by atoms with Gasteiger partial charge in [0.15, 0.2) is 5.82 Å². The number of tetrazole rings is 1. The maximum Gasteiger partial charge on any atom is 0.240 e. The topological polar surface area (TPSA) is 79.2 Å². The fourth-order valence-corrected chi connectivity index (χ4v) is 5.68. The Morgan fingerprint density at radius 1 is 1.17 bits per heavy atom. The first-order valence-electron chi connectivity index (χ1n) is 10.6. The highest BCUT2D eigenvalue weighted by Gasteiger charge is 2.37. The molecule has 3 aliphatic rings. The summed E-state index contributed by atoms with van der Waals surface area (Å²) in [5, 5.41) is 15.7. The average molecular weight is 432 g/mol. The molecule has 4 heterocycles. The van der Waals surface area contributed by atoms with E-state index >= 15 is 0 Å². The molecule has 2 aromatic rings. The van der Waals surface area contributed by atoms with Crippen LogP contribution in [0.5, 0.6) is 0 Å². The summed E-state index contributed by atoms with van der Waals surface area (Å²) in [6, 6.07) is 6.61. The van der Waals surface area contributed by atoms with E-state index in [2.05, 4.69) is 25.7 Å². The summed E-state index contributed by atoms with van der Waals surface area (Å²) in [4.78, 5) is 17.1. The van der Waals surface area contributed by atoms with E-state index in [1.807, 2.05) is 16.7 Å². The maximum atomic E-state index is 13.2. The van der Waals surface area contributed by atoms with Gasteiger partial charge in [-0.2, -0.15) is 4.68 Å². The molecule has 1 aromatic carbocycles. The lowest BCUT2D eigenvalue weighted by atomic mass is 9.94. The normalized spacial score (nSPS) is 25.8. The number of hydrogen-bond donors (Lipinski definition) is 1. The molecule has 10 heteroatoms. The van der Waals surface area contributed by atoms with Crippen molar-refractivity contribution < 1.29 is 9.18 Å². The number of thioether (sulfide) groups is 1.